The van der Waals surface area contributed by atoms with Gasteiger partial charge in [-0.2, -0.15) is 0 Å². The fraction of sp³-hybridized carbons (Fsp3) is 0.364. The Morgan fingerprint density at radius 3 is 2.94 bits per heavy atom. The maximum Gasteiger partial charge on any atom is 0.241 e. The molecule has 1 aromatic heterocycles. The van der Waals surface area contributed by atoms with E-state index in [1.54, 1.807) is 12.3 Å². The van der Waals surface area contributed by atoms with Crippen LogP contribution in [0.4, 0.5) is 5.82 Å². The summed E-state index contributed by atoms with van der Waals surface area (Å²) in [6.45, 7) is 0. The number of nitrogens with two attached hydrogens (primary N) is 1. The highest BCUT2D eigenvalue weighted by atomic mass is 32.2. The van der Waals surface area contributed by atoms with Gasteiger partial charge in [-0.3, -0.25) is 0 Å². The summed E-state index contributed by atoms with van der Waals surface area (Å²) in [5, 5.41) is 8.24. The Hall–Kier alpha value is -1.40. The first-order valence-corrected chi connectivity index (χ1v) is 7.03. The normalized spacial score (nSPS) is 20.2. The number of allylic oxidation sites excluding steroid dienone is 1. The van der Waals surface area contributed by atoms with E-state index in [4.69, 9.17) is 5.14 Å². The van der Waals surface area contributed by atoms with E-state index in [1.165, 1.54) is 6.07 Å². The number of nitrogens with one attached hydrogen (secondary N) is 1. The van der Waals surface area contributed by atoms with Crippen LogP contribution < -0.4 is 10.5 Å². The quantitative estimate of drug-likeness (QED) is 0.794. The zero-order valence-corrected chi connectivity index (χ0v) is 10.2. The van der Waals surface area contributed by atoms with Gasteiger partial charge in [0.1, 0.15) is 10.7 Å². The second-order valence-corrected chi connectivity index (χ2v) is 5.53. The average Bonchev–Trinajstić information content (AvgIpc) is 2.30. The monoisotopic (exact) mass is 253 g/mol. The van der Waals surface area contributed by atoms with E-state index >= 15 is 0 Å². The van der Waals surface area contributed by atoms with E-state index in [2.05, 4.69) is 16.4 Å². The zero-order valence-electron chi connectivity index (χ0n) is 9.33. The molecule has 17 heavy (non-hydrogen) atoms. The molecule has 2 rings (SSSR count). The number of anilines is 1. The first-order chi connectivity index (χ1) is 8.07. The first-order valence-electron chi connectivity index (χ1n) is 5.48. The second kappa shape index (κ2) is 4.85. The Bertz CT molecular complexity index is 525. The third-order valence-electron chi connectivity index (χ3n) is 2.65. The Morgan fingerprint density at radius 1 is 1.47 bits per heavy atom. The van der Waals surface area contributed by atoms with Crippen molar-refractivity contribution in [1.82, 2.24) is 4.98 Å². The summed E-state index contributed by atoms with van der Waals surface area (Å²) in [6, 6.07) is 3.14. The molecule has 1 aliphatic rings. The highest BCUT2D eigenvalue weighted by Crippen LogP contribution is 2.20. The molecule has 0 aromatic carbocycles. The van der Waals surface area contributed by atoms with Crippen molar-refractivity contribution in [2.24, 2.45) is 5.14 Å². The van der Waals surface area contributed by atoms with E-state index in [9.17, 15) is 8.42 Å². The van der Waals surface area contributed by atoms with Crippen molar-refractivity contribution in [3.05, 3.63) is 30.5 Å². The molecule has 1 heterocycles. The van der Waals surface area contributed by atoms with Gasteiger partial charge in [0.15, 0.2) is 0 Å². The molecular weight excluding hydrogens is 238 g/mol. The number of primary sulfonamides is 1. The van der Waals surface area contributed by atoms with Crippen LogP contribution in [-0.2, 0) is 10.0 Å². The van der Waals surface area contributed by atoms with Crippen molar-refractivity contribution < 1.29 is 8.42 Å². The minimum absolute atomic E-state index is 0.0407. The largest absolute Gasteiger partial charge is 0.363 e. The molecule has 0 radical (unpaired) electrons. The van der Waals surface area contributed by atoms with Gasteiger partial charge in [-0.25, -0.2) is 18.5 Å². The predicted octanol–water partition coefficient (Wildman–Crippen LogP) is 1.25. The molecule has 0 saturated heterocycles. The van der Waals surface area contributed by atoms with E-state index in [-0.39, 0.29) is 10.9 Å². The van der Waals surface area contributed by atoms with E-state index < -0.39 is 10.0 Å². The minimum atomic E-state index is -3.73. The van der Waals surface area contributed by atoms with Crippen LogP contribution in [0.1, 0.15) is 19.3 Å². The molecule has 0 unspecified atom stereocenters. The van der Waals surface area contributed by atoms with Gasteiger partial charge in [0.25, 0.3) is 0 Å². The van der Waals surface area contributed by atoms with Gasteiger partial charge >= 0.3 is 0 Å². The van der Waals surface area contributed by atoms with E-state index in [0.29, 0.717) is 5.82 Å². The Balaban J connectivity index is 2.26. The molecule has 1 aromatic rings. The van der Waals surface area contributed by atoms with Gasteiger partial charge in [0, 0.05) is 12.2 Å². The molecule has 6 heteroatoms. The predicted molar refractivity (Wildman–Crippen MR) is 66.0 cm³/mol. The van der Waals surface area contributed by atoms with Gasteiger partial charge in [0.2, 0.25) is 10.0 Å². The Kier molecular flexibility index (Phi) is 3.44. The minimum Gasteiger partial charge on any atom is -0.363 e. The van der Waals surface area contributed by atoms with Crippen molar-refractivity contribution in [3.8, 4) is 0 Å². The summed E-state index contributed by atoms with van der Waals surface area (Å²) < 4.78 is 22.8. The van der Waals surface area contributed by atoms with Crippen molar-refractivity contribution >= 4 is 15.8 Å². The van der Waals surface area contributed by atoms with E-state index in [0.717, 1.165) is 19.3 Å². The third kappa shape index (κ3) is 3.04. The molecule has 92 valence electrons. The van der Waals surface area contributed by atoms with Crippen LogP contribution in [-0.4, -0.2) is 19.4 Å². The maximum absolute atomic E-state index is 11.4. The van der Waals surface area contributed by atoms with Crippen LogP contribution in [0.15, 0.2) is 35.4 Å². The molecule has 0 fully saturated rings. The average molecular weight is 253 g/mol. The summed E-state index contributed by atoms with van der Waals surface area (Å²) in [5.41, 5.74) is 0. The van der Waals surface area contributed by atoms with Gasteiger partial charge in [-0.15, -0.1) is 0 Å². The van der Waals surface area contributed by atoms with Crippen LogP contribution in [0.2, 0.25) is 0 Å². The summed E-state index contributed by atoms with van der Waals surface area (Å²) in [5.74, 6) is 0.326. The summed E-state index contributed by atoms with van der Waals surface area (Å²) in [7, 11) is -3.73. The van der Waals surface area contributed by atoms with Crippen molar-refractivity contribution in [2.75, 3.05) is 5.32 Å². The number of hydrogen-bond donors (Lipinski definition) is 2. The third-order valence-corrected chi connectivity index (χ3v) is 3.60. The van der Waals surface area contributed by atoms with Gasteiger partial charge < -0.3 is 5.32 Å². The fourth-order valence-corrected chi connectivity index (χ4v) is 2.49. The van der Waals surface area contributed by atoms with Gasteiger partial charge in [0.05, 0.1) is 0 Å². The summed E-state index contributed by atoms with van der Waals surface area (Å²) in [4.78, 5) is 4.08. The number of pyridine rings is 1. The Morgan fingerprint density at radius 2 is 2.29 bits per heavy atom. The molecule has 0 spiro atoms. The molecule has 1 aliphatic carbocycles. The number of sulfonamides is 1. The van der Waals surface area contributed by atoms with Crippen LogP contribution >= 0.6 is 0 Å². The molecule has 0 saturated carbocycles. The SMILES string of the molecule is NS(=O)(=O)c1cccnc1N[C@H]1C=CCCC1. The lowest BCUT2D eigenvalue weighted by molar-refractivity contribution is 0.597. The Labute approximate surface area is 101 Å². The number of hydrogen-bond acceptors (Lipinski definition) is 4. The molecule has 5 nitrogen and oxygen atoms in total. The lowest BCUT2D eigenvalue weighted by Gasteiger charge is -2.19. The van der Waals surface area contributed by atoms with Crippen LogP contribution in [0.25, 0.3) is 0 Å². The van der Waals surface area contributed by atoms with Crippen molar-refractivity contribution in [2.45, 2.75) is 30.2 Å². The smallest absolute Gasteiger partial charge is 0.241 e. The lowest BCUT2D eigenvalue weighted by Crippen LogP contribution is -2.22. The van der Waals surface area contributed by atoms with Crippen LogP contribution in [0.5, 0.6) is 0 Å². The standard InChI is InChI=1S/C11H15N3O2S/c12-17(15,16)10-7-4-8-13-11(10)14-9-5-2-1-3-6-9/h2,4-5,7-9H,1,3,6H2,(H,13,14)(H2,12,15,16)/t9-/m0/s1. The number of nitrogens with zero attached hydrogens (tertiary/aromatic N) is 1. The molecule has 3 N–H and O–H groups in total. The fourth-order valence-electron chi connectivity index (χ4n) is 1.84. The topological polar surface area (TPSA) is 85.1 Å². The first kappa shape index (κ1) is 12.1. The molecule has 0 aliphatic heterocycles. The van der Waals surface area contributed by atoms with Crippen LogP contribution in [0, 0.1) is 0 Å². The number of aromatic nitrogens is 1. The highest BCUT2D eigenvalue weighted by Gasteiger charge is 2.17. The lowest BCUT2D eigenvalue weighted by atomic mass is 10.0. The summed E-state index contributed by atoms with van der Waals surface area (Å²) in [6.07, 6.45) is 8.79. The zero-order chi connectivity index (χ0) is 12.3. The van der Waals surface area contributed by atoms with Crippen molar-refractivity contribution in [3.63, 3.8) is 0 Å². The summed E-state index contributed by atoms with van der Waals surface area (Å²) >= 11 is 0. The van der Waals surface area contributed by atoms with Gasteiger partial charge in [-0.1, -0.05) is 12.2 Å². The van der Waals surface area contributed by atoms with Crippen molar-refractivity contribution in [1.29, 1.82) is 0 Å². The van der Waals surface area contributed by atoms with E-state index in [1.807, 2.05) is 6.08 Å². The maximum atomic E-state index is 11.4. The molecular formula is C11H15N3O2S. The highest BCUT2D eigenvalue weighted by molar-refractivity contribution is 7.89. The molecule has 1 atom stereocenters. The molecule has 0 bridgehead atoms. The number of rotatable bonds is 3. The van der Waals surface area contributed by atoms with Gasteiger partial charge in [-0.05, 0) is 31.4 Å². The second-order valence-electron chi connectivity index (χ2n) is 4.01. The van der Waals surface area contributed by atoms with Crippen LogP contribution in [0.3, 0.4) is 0 Å². The molecule has 0 amide bonds.